The number of rotatable bonds is 3. The highest BCUT2D eigenvalue weighted by Gasteiger charge is 2.10. The highest BCUT2D eigenvalue weighted by molar-refractivity contribution is 5.47. The van der Waals surface area contributed by atoms with Crippen molar-refractivity contribution in [3.05, 3.63) is 23.3 Å². The zero-order valence-electron chi connectivity index (χ0n) is 11.5. The summed E-state index contributed by atoms with van der Waals surface area (Å²) in [5.41, 5.74) is 2.38. The van der Waals surface area contributed by atoms with Crippen LogP contribution in [-0.2, 0) is 0 Å². The predicted octanol–water partition coefficient (Wildman–Crippen LogP) is 4.16. The molecule has 1 aromatic rings. The molecule has 0 saturated heterocycles. The Kier molecular flexibility index (Phi) is 6.63. The molecule has 0 N–H and O–H groups in total. The van der Waals surface area contributed by atoms with E-state index in [2.05, 4.69) is 19.9 Å². The van der Waals surface area contributed by atoms with Gasteiger partial charge in [0, 0.05) is 6.07 Å². The number of hydrogen-bond donors (Lipinski definition) is 0. The first kappa shape index (κ1) is 14.8. The lowest BCUT2D eigenvalue weighted by molar-refractivity contribution is 0.388. The summed E-state index contributed by atoms with van der Waals surface area (Å²) >= 11 is 0. The molecule has 0 unspecified atom stereocenters. The van der Waals surface area contributed by atoms with Crippen LogP contribution in [0.4, 0.5) is 0 Å². The third-order valence-corrected chi connectivity index (χ3v) is 2.37. The fourth-order valence-corrected chi connectivity index (χ4v) is 1.54. The molecule has 0 spiro atoms. The van der Waals surface area contributed by atoms with E-state index < -0.39 is 0 Å². The summed E-state index contributed by atoms with van der Waals surface area (Å²) in [6.45, 7) is 10.4. The maximum absolute atomic E-state index is 5.32. The van der Waals surface area contributed by atoms with Crippen LogP contribution in [0.3, 0.4) is 0 Å². The summed E-state index contributed by atoms with van der Waals surface area (Å²) < 4.78 is 10.6. The van der Waals surface area contributed by atoms with Gasteiger partial charge in [-0.15, -0.1) is 0 Å². The van der Waals surface area contributed by atoms with Gasteiger partial charge >= 0.3 is 0 Å². The molecule has 0 heterocycles. The molecule has 0 atom stereocenters. The van der Waals surface area contributed by atoms with E-state index in [1.807, 2.05) is 26.8 Å². The number of benzene rings is 1. The normalized spacial score (nSPS) is 9.50. The van der Waals surface area contributed by atoms with Crippen LogP contribution < -0.4 is 9.47 Å². The van der Waals surface area contributed by atoms with E-state index in [9.17, 15) is 0 Å². The fourth-order valence-electron chi connectivity index (χ4n) is 1.54. The minimum absolute atomic E-state index is 0.467. The Labute approximate surface area is 99.6 Å². The molecule has 0 fully saturated rings. The van der Waals surface area contributed by atoms with E-state index in [-0.39, 0.29) is 0 Å². The molecule has 0 saturated carbocycles. The van der Waals surface area contributed by atoms with Crippen molar-refractivity contribution in [1.29, 1.82) is 0 Å². The molecule has 0 bridgehead atoms. The maximum atomic E-state index is 5.32. The number of methoxy groups -OCH3 is 2. The number of aryl methyl sites for hydroxylation is 1. The van der Waals surface area contributed by atoms with Gasteiger partial charge in [-0.3, -0.25) is 0 Å². The Bertz CT molecular complexity index is 317. The Morgan fingerprint density at radius 3 is 1.81 bits per heavy atom. The van der Waals surface area contributed by atoms with Crippen LogP contribution in [0.5, 0.6) is 11.5 Å². The molecular weight excluding hydrogens is 200 g/mol. The zero-order valence-corrected chi connectivity index (χ0v) is 11.5. The van der Waals surface area contributed by atoms with Gasteiger partial charge in [-0.05, 0) is 30.0 Å². The minimum Gasteiger partial charge on any atom is -0.496 e. The van der Waals surface area contributed by atoms with E-state index in [1.165, 1.54) is 5.56 Å². The van der Waals surface area contributed by atoms with Crippen LogP contribution in [0.1, 0.15) is 44.7 Å². The van der Waals surface area contributed by atoms with Crippen molar-refractivity contribution in [2.75, 3.05) is 14.2 Å². The minimum atomic E-state index is 0.467. The molecule has 0 aliphatic carbocycles. The molecule has 92 valence electrons. The van der Waals surface area contributed by atoms with E-state index in [4.69, 9.17) is 9.47 Å². The zero-order chi connectivity index (χ0) is 12.7. The summed E-state index contributed by atoms with van der Waals surface area (Å²) in [7, 11) is 3.37. The van der Waals surface area contributed by atoms with Gasteiger partial charge in [0.15, 0.2) is 0 Å². The van der Waals surface area contributed by atoms with Gasteiger partial charge in [0.2, 0.25) is 0 Å². The van der Waals surface area contributed by atoms with E-state index in [0.29, 0.717) is 5.92 Å². The molecule has 16 heavy (non-hydrogen) atoms. The monoisotopic (exact) mass is 224 g/mol. The molecule has 2 nitrogen and oxygen atoms in total. The van der Waals surface area contributed by atoms with Crippen LogP contribution in [0.25, 0.3) is 0 Å². The van der Waals surface area contributed by atoms with Crippen molar-refractivity contribution in [1.82, 2.24) is 0 Å². The quantitative estimate of drug-likeness (QED) is 0.767. The predicted molar refractivity (Wildman–Crippen MR) is 69.7 cm³/mol. The summed E-state index contributed by atoms with van der Waals surface area (Å²) in [5.74, 6) is 2.25. The van der Waals surface area contributed by atoms with Gasteiger partial charge in [-0.25, -0.2) is 0 Å². The van der Waals surface area contributed by atoms with Gasteiger partial charge in [0.25, 0.3) is 0 Å². The standard InChI is InChI=1S/C12H18O2.C2H6/c1-8(2)10-6-9(3)11(13-4)7-12(10)14-5;1-2/h6-8H,1-5H3;1-2H3. The lowest BCUT2D eigenvalue weighted by atomic mass is 9.99. The van der Waals surface area contributed by atoms with E-state index in [0.717, 1.165) is 17.1 Å². The van der Waals surface area contributed by atoms with Gasteiger partial charge < -0.3 is 9.47 Å². The van der Waals surface area contributed by atoms with E-state index >= 15 is 0 Å². The third-order valence-electron chi connectivity index (χ3n) is 2.37. The Hall–Kier alpha value is -1.18. The van der Waals surface area contributed by atoms with Crippen LogP contribution in [-0.4, -0.2) is 14.2 Å². The number of hydrogen-bond acceptors (Lipinski definition) is 2. The second-order valence-electron chi connectivity index (χ2n) is 3.72. The molecular formula is C14H24O2. The average Bonchev–Trinajstić information content (AvgIpc) is 2.31. The first-order valence-corrected chi connectivity index (χ1v) is 5.82. The summed E-state index contributed by atoms with van der Waals surface area (Å²) in [4.78, 5) is 0. The molecule has 1 rings (SSSR count). The summed E-state index contributed by atoms with van der Waals surface area (Å²) in [6, 6.07) is 4.08. The second kappa shape index (κ2) is 7.15. The van der Waals surface area contributed by atoms with Crippen molar-refractivity contribution >= 4 is 0 Å². The van der Waals surface area contributed by atoms with Crippen molar-refractivity contribution < 1.29 is 9.47 Å². The van der Waals surface area contributed by atoms with Crippen LogP contribution in [0, 0.1) is 6.92 Å². The molecule has 0 aromatic heterocycles. The van der Waals surface area contributed by atoms with Crippen LogP contribution in [0.2, 0.25) is 0 Å². The molecule has 1 aromatic carbocycles. The average molecular weight is 224 g/mol. The van der Waals surface area contributed by atoms with Crippen LogP contribution >= 0.6 is 0 Å². The van der Waals surface area contributed by atoms with Crippen molar-refractivity contribution in [2.24, 2.45) is 0 Å². The van der Waals surface area contributed by atoms with Gasteiger partial charge in [0.05, 0.1) is 14.2 Å². The summed E-state index contributed by atoms with van der Waals surface area (Å²) in [6.07, 6.45) is 0. The van der Waals surface area contributed by atoms with Gasteiger partial charge in [0.1, 0.15) is 11.5 Å². The summed E-state index contributed by atoms with van der Waals surface area (Å²) in [5, 5.41) is 0. The first-order valence-electron chi connectivity index (χ1n) is 5.82. The largest absolute Gasteiger partial charge is 0.496 e. The highest BCUT2D eigenvalue weighted by atomic mass is 16.5. The molecule has 2 heteroatoms. The van der Waals surface area contributed by atoms with Gasteiger partial charge in [-0.2, -0.15) is 0 Å². The maximum Gasteiger partial charge on any atom is 0.126 e. The molecule has 0 radical (unpaired) electrons. The van der Waals surface area contributed by atoms with Crippen LogP contribution in [0.15, 0.2) is 12.1 Å². The molecule has 0 aliphatic heterocycles. The van der Waals surface area contributed by atoms with Gasteiger partial charge in [-0.1, -0.05) is 27.7 Å². The smallest absolute Gasteiger partial charge is 0.126 e. The SMILES string of the molecule is CC.COc1cc(OC)c(C(C)C)cc1C. The molecule has 0 aliphatic rings. The van der Waals surface area contributed by atoms with E-state index in [1.54, 1.807) is 14.2 Å². The Morgan fingerprint density at radius 1 is 0.938 bits per heavy atom. The van der Waals surface area contributed by atoms with Crippen molar-refractivity contribution in [3.63, 3.8) is 0 Å². The second-order valence-corrected chi connectivity index (χ2v) is 3.72. The highest BCUT2D eigenvalue weighted by Crippen LogP contribution is 2.32. The number of ether oxygens (including phenoxy) is 2. The molecule has 0 amide bonds. The topological polar surface area (TPSA) is 18.5 Å². The fraction of sp³-hybridized carbons (Fsp3) is 0.571. The van der Waals surface area contributed by atoms with Crippen molar-refractivity contribution in [3.8, 4) is 11.5 Å². The lowest BCUT2D eigenvalue weighted by Crippen LogP contribution is -1.97. The lowest BCUT2D eigenvalue weighted by Gasteiger charge is -2.15. The first-order chi connectivity index (χ1) is 7.60. The third kappa shape index (κ3) is 3.44. The Balaban J connectivity index is 0.00000106. The Morgan fingerprint density at radius 2 is 1.44 bits per heavy atom. The van der Waals surface area contributed by atoms with Crippen molar-refractivity contribution in [2.45, 2.75) is 40.5 Å².